The Hall–Kier alpha value is -2.63. The summed E-state index contributed by atoms with van der Waals surface area (Å²) in [6.07, 6.45) is 2.34. The van der Waals surface area contributed by atoms with Gasteiger partial charge >= 0.3 is 0 Å². The summed E-state index contributed by atoms with van der Waals surface area (Å²) in [6, 6.07) is 10.2. The van der Waals surface area contributed by atoms with Gasteiger partial charge in [0.25, 0.3) is 5.56 Å². The molecule has 6 heteroatoms. The molecule has 2 heterocycles. The molecule has 6 nitrogen and oxygen atoms in total. The lowest BCUT2D eigenvalue weighted by molar-refractivity contribution is 0.738. The van der Waals surface area contributed by atoms with Crippen LogP contribution in [0.25, 0.3) is 11.2 Å². The fourth-order valence-corrected chi connectivity index (χ4v) is 2.18. The molecule has 0 aliphatic rings. The molecule has 3 aromatic rings. The van der Waals surface area contributed by atoms with E-state index < -0.39 is 0 Å². The number of nitrogens with one attached hydrogen (secondary N) is 3. The van der Waals surface area contributed by atoms with Crippen LogP contribution in [-0.4, -0.2) is 19.9 Å². The second-order valence-electron chi connectivity index (χ2n) is 4.53. The average Bonchev–Trinajstić information content (AvgIpc) is 2.94. The summed E-state index contributed by atoms with van der Waals surface area (Å²) in [7, 11) is 0. The number of nitrogens with zero attached hydrogens (tertiary/aromatic N) is 2. The summed E-state index contributed by atoms with van der Waals surface area (Å²) in [6.45, 7) is 2.08. The topological polar surface area (TPSA) is 86.5 Å². The first-order valence-corrected chi connectivity index (χ1v) is 6.53. The standard InChI is InChI=1S/C14H15N5O/c1-2-10(9-6-4-3-5-7-9)17-14-18-12-11(13(20)19-14)15-8-16-12/h3-8,10H,2H2,1H3,(H3,15,16,17,18,19,20). The van der Waals surface area contributed by atoms with Crippen molar-refractivity contribution >= 4 is 17.1 Å². The van der Waals surface area contributed by atoms with Gasteiger partial charge in [0.2, 0.25) is 5.95 Å². The molecule has 1 atom stereocenters. The van der Waals surface area contributed by atoms with Gasteiger partial charge in [-0.1, -0.05) is 37.3 Å². The van der Waals surface area contributed by atoms with E-state index in [1.54, 1.807) is 0 Å². The highest BCUT2D eigenvalue weighted by Crippen LogP contribution is 2.20. The number of aromatic amines is 2. The van der Waals surface area contributed by atoms with E-state index in [-0.39, 0.29) is 11.6 Å². The number of fused-ring (bicyclic) bond motifs is 1. The molecule has 0 saturated heterocycles. The lowest BCUT2D eigenvalue weighted by Gasteiger charge is -2.17. The third kappa shape index (κ3) is 2.27. The monoisotopic (exact) mass is 269 g/mol. The molecule has 0 aliphatic heterocycles. The van der Waals surface area contributed by atoms with Gasteiger partial charge in [0, 0.05) is 0 Å². The van der Waals surface area contributed by atoms with Crippen molar-refractivity contribution in [3.05, 3.63) is 52.6 Å². The normalized spacial score (nSPS) is 12.4. The number of hydrogen-bond donors (Lipinski definition) is 3. The lowest BCUT2D eigenvalue weighted by Crippen LogP contribution is -2.17. The van der Waals surface area contributed by atoms with Gasteiger partial charge in [0.1, 0.15) is 0 Å². The minimum absolute atomic E-state index is 0.0933. The van der Waals surface area contributed by atoms with Gasteiger partial charge in [-0.15, -0.1) is 0 Å². The molecular formula is C14H15N5O. The van der Waals surface area contributed by atoms with Gasteiger partial charge in [0.05, 0.1) is 12.4 Å². The molecule has 0 saturated carbocycles. The zero-order valence-corrected chi connectivity index (χ0v) is 11.1. The first kappa shape index (κ1) is 12.4. The molecule has 0 amide bonds. The summed E-state index contributed by atoms with van der Waals surface area (Å²) < 4.78 is 0. The first-order chi connectivity index (χ1) is 9.78. The summed E-state index contributed by atoms with van der Waals surface area (Å²) in [5, 5.41) is 3.25. The second kappa shape index (κ2) is 5.16. The lowest BCUT2D eigenvalue weighted by atomic mass is 10.1. The Balaban J connectivity index is 1.93. The summed E-state index contributed by atoms with van der Waals surface area (Å²) >= 11 is 0. The molecule has 20 heavy (non-hydrogen) atoms. The summed E-state index contributed by atoms with van der Waals surface area (Å²) in [5.41, 5.74) is 1.74. The Morgan fingerprint density at radius 3 is 2.85 bits per heavy atom. The van der Waals surface area contributed by atoms with Crippen LogP contribution in [0, 0.1) is 0 Å². The van der Waals surface area contributed by atoms with Gasteiger partial charge in [-0.05, 0) is 12.0 Å². The van der Waals surface area contributed by atoms with Crippen LogP contribution in [0.3, 0.4) is 0 Å². The maximum absolute atomic E-state index is 11.9. The third-order valence-electron chi connectivity index (χ3n) is 3.22. The van der Waals surface area contributed by atoms with Crippen LogP contribution in [0.5, 0.6) is 0 Å². The molecule has 3 N–H and O–H groups in total. The number of aromatic nitrogens is 4. The van der Waals surface area contributed by atoms with E-state index in [1.165, 1.54) is 6.33 Å². The Bertz CT molecular complexity index is 762. The largest absolute Gasteiger partial charge is 0.349 e. The van der Waals surface area contributed by atoms with Crippen molar-refractivity contribution < 1.29 is 0 Å². The molecule has 3 rings (SSSR count). The number of hydrogen-bond acceptors (Lipinski definition) is 4. The van der Waals surface area contributed by atoms with Crippen LogP contribution in [0.1, 0.15) is 24.9 Å². The summed E-state index contributed by atoms with van der Waals surface area (Å²) in [5.74, 6) is 0.435. The van der Waals surface area contributed by atoms with Crippen molar-refractivity contribution in [2.45, 2.75) is 19.4 Å². The number of benzene rings is 1. The molecule has 1 unspecified atom stereocenters. The highest BCUT2D eigenvalue weighted by atomic mass is 16.1. The zero-order chi connectivity index (χ0) is 13.9. The predicted octanol–water partition coefficient (Wildman–Crippen LogP) is 2.21. The second-order valence-corrected chi connectivity index (χ2v) is 4.53. The van der Waals surface area contributed by atoms with Gasteiger partial charge in [-0.25, -0.2) is 4.98 Å². The summed E-state index contributed by atoms with van der Waals surface area (Å²) in [4.78, 5) is 25.7. The maximum atomic E-state index is 11.9. The van der Waals surface area contributed by atoms with Crippen LogP contribution in [0.2, 0.25) is 0 Å². The van der Waals surface area contributed by atoms with Gasteiger partial charge < -0.3 is 10.3 Å². The Labute approximate surface area is 115 Å². The highest BCUT2D eigenvalue weighted by molar-refractivity contribution is 5.69. The van der Waals surface area contributed by atoms with Crippen molar-refractivity contribution in [2.75, 3.05) is 5.32 Å². The zero-order valence-electron chi connectivity index (χ0n) is 11.1. The van der Waals surface area contributed by atoms with Crippen LogP contribution in [0.15, 0.2) is 41.5 Å². The van der Waals surface area contributed by atoms with Gasteiger partial charge in [-0.3, -0.25) is 9.78 Å². The molecule has 0 bridgehead atoms. The molecule has 0 spiro atoms. The van der Waals surface area contributed by atoms with Crippen molar-refractivity contribution in [3.63, 3.8) is 0 Å². The molecule has 0 aliphatic carbocycles. The minimum Gasteiger partial charge on any atom is -0.349 e. The number of H-pyrrole nitrogens is 2. The van der Waals surface area contributed by atoms with Crippen molar-refractivity contribution in [2.24, 2.45) is 0 Å². The predicted molar refractivity (Wildman–Crippen MR) is 77.6 cm³/mol. The van der Waals surface area contributed by atoms with Crippen LogP contribution in [0.4, 0.5) is 5.95 Å². The fourth-order valence-electron chi connectivity index (χ4n) is 2.18. The molecule has 2 aromatic heterocycles. The third-order valence-corrected chi connectivity index (χ3v) is 3.22. The number of rotatable bonds is 4. The average molecular weight is 269 g/mol. The smallest absolute Gasteiger partial charge is 0.278 e. The van der Waals surface area contributed by atoms with E-state index in [0.717, 1.165) is 12.0 Å². The van der Waals surface area contributed by atoms with E-state index in [1.807, 2.05) is 30.3 Å². The van der Waals surface area contributed by atoms with E-state index in [4.69, 9.17) is 0 Å². The highest BCUT2D eigenvalue weighted by Gasteiger charge is 2.11. The Morgan fingerprint density at radius 1 is 1.30 bits per heavy atom. The fraction of sp³-hybridized carbons (Fsp3) is 0.214. The SMILES string of the molecule is CCC(Nc1nc2nc[nH]c2c(=O)[nH]1)c1ccccc1. The molecule has 1 aromatic carbocycles. The van der Waals surface area contributed by atoms with Crippen molar-refractivity contribution in [1.82, 2.24) is 19.9 Å². The van der Waals surface area contributed by atoms with Crippen LogP contribution < -0.4 is 10.9 Å². The molecule has 0 fully saturated rings. The molecule has 0 radical (unpaired) electrons. The van der Waals surface area contributed by atoms with E-state index >= 15 is 0 Å². The quantitative estimate of drug-likeness (QED) is 0.677. The van der Waals surface area contributed by atoms with E-state index in [0.29, 0.717) is 17.1 Å². The first-order valence-electron chi connectivity index (χ1n) is 6.53. The van der Waals surface area contributed by atoms with Crippen LogP contribution in [-0.2, 0) is 0 Å². The van der Waals surface area contributed by atoms with Crippen molar-refractivity contribution in [3.8, 4) is 0 Å². The molecular weight excluding hydrogens is 254 g/mol. The Kier molecular flexibility index (Phi) is 3.20. The van der Waals surface area contributed by atoms with Crippen LogP contribution >= 0.6 is 0 Å². The van der Waals surface area contributed by atoms with E-state index in [9.17, 15) is 4.79 Å². The van der Waals surface area contributed by atoms with E-state index in [2.05, 4.69) is 32.2 Å². The van der Waals surface area contributed by atoms with Gasteiger partial charge in [0.15, 0.2) is 11.2 Å². The van der Waals surface area contributed by atoms with Crippen molar-refractivity contribution in [1.29, 1.82) is 0 Å². The number of imidazole rings is 1. The Morgan fingerprint density at radius 2 is 2.10 bits per heavy atom. The maximum Gasteiger partial charge on any atom is 0.278 e. The van der Waals surface area contributed by atoms with Gasteiger partial charge in [-0.2, -0.15) is 4.98 Å². The number of anilines is 1. The minimum atomic E-state index is -0.224. The molecule has 102 valence electrons.